The van der Waals surface area contributed by atoms with Gasteiger partial charge in [-0.05, 0) is 57.8 Å². The van der Waals surface area contributed by atoms with Gasteiger partial charge in [-0.25, -0.2) is 0 Å². The third-order valence-corrected chi connectivity index (χ3v) is 6.40. The second kappa shape index (κ2) is 8.66. The smallest absolute Gasteiger partial charge is 0.121 e. The first-order valence-corrected chi connectivity index (χ1v) is 11.2. The summed E-state index contributed by atoms with van der Waals surface area (Å²) in [5.41, 5.74) is 3.15. The summed E-state index contributed by atoms with van der Waals surface area (Å²) in [5, 5.41) is 20.1. The van der Waals surface area contributed by atoms with Gasteiger partial charge in [0, 0.05) is 16.6 Å². The van der Waals surface area contributed by atoms with E-state index in [0.29, 0.717) is 5.02 Å². The fourth-order valence-electron chi connectivity index (χ4n) is 4.56. The Balaban J connectivity index is 1.65. The first-order valence-electron chi connectivity index (χ1n) is 10.8. The number of hydrogen-bond acceptors (Lipinski definition) is 2. The van der Waals surface area contributed by atoms with Gasteiger partial charge in [-0.2, -0.15) is 0 Å². The van der Waals surface area contributed by atoms with Crippen LogP contribution >= 0.6 is 11.6 Å². The lowest BCUT2D eigenvalue weighted by Gasteiger charge is -2.27. The zero-order chi connectivity index (χ0) is 22.1. The molecule has 0 aliphatic carbocycles. The number of benzene rings is 5. The Morgan fingerprint density at radius 3 is 2.06 bits per heavy atom. The monoisotopic (exact) mass is 437 g/mol. The van der Waals surface area contributed by atoms with E-state index < -0.39 is 0 Å². The molecule has 32 heavy (non-hydrogen) atoms. The number of hydrogen-bond donors (Lipinski definition) is 2. The van der Waals surface area contributed by atoms with Gasteiger partial charge in [-0.1, -0.05) is 96.5 Å². The van der Waals surface area contributed by atoms with Crippen LogP contribution in [0.1, 0.15) is 35.7 Å². The summed E-state index contributed by atoms with van der Waals surface area (Å²) in [5.74, 6) is 0.279. The van der Waals surface area contributed by atoms with Crippen molar-refractivity contribution in [3.8, 4) is 5.75 Å². The van der Waals surface area contributed by atoms with Crippen molar-refractivity contribution in [2.75, 3.05) is 0 Å². The van der Waals surface area contributed by atoms with Gasteiger partial charge in [-0.15, -0.1) is 0 Å². The molecular weight excluding hydrogens is 414 g/mol. The summed E-state index contributed by atoms with van der Waals surface area (Å²) < 4.78 is 0. The van der Waals surface area contributed by atoms with E-state index in [2.05, 4.69) is 66.8 Å². The van der Waals surface area contributed by atoms with Gasteiger partial charge in [0.05, 0.1) is 6.04 Å². The fourth-order valence-corrected chi connectivity index (χ4v) is 4.68. The molecule has 0 heterocycles. The molecule has 0 saturated carbocycles. The number of phenols is 1. The van der Waals surface area contributed by atoms with Crippen LogP contribution in [0, 0.1) is 0 Å². The Kier molecular flexibility index (Phi) is 5.57. The fraction of sp³-hybridized carbons (Fsp3) is 0.103. The summed E-state index contributed by atoms with van der Waals surface area (Å²) in [4.78, 5) is 0. The maximum atomic E-state index is 11.0. The summed E-state index contributed by atoms with van der Waals surface area (Å²) in [6.07, 6.45) is 0. The highest BCUT2D eigenvalue weighted by Crippen LogP contribution is 2.38. The molecule has 3 heteroatoms. The molecule has 5 aromatic rings. The number of phenolic OH excluding ortho intramolecular Hbond substituents is 1. The van der Waals surface area contributed by atoms with Crippen LogP contribution in [-0.4, -0.2) is 5.11 Å². The minimum Gasteiger partial charge on any atom is -0.508 e. The summed E-state index contributed by atoms with van der Waals surface area (Å²) >= 11 is 6.19. The van der Waals surface area contributed by atoms with E-state index in [1.54, 1.807) is 6.07 Å². The number of fused-ring (bicyclic) bond motifs is 2. The third kappa shape index (κ3) is 3.84. The van der Waals surface area contributed by atoms with Crippen LogP contribution in [0.15, 0.2) is 103 Å². The Hall–Kier alpha value is -3.33. The lowest BCUT2D eigenvalue weighted by atomic mass is 9.91. The van der Waals surface area contributed by atoms with Crippen molar-refractivity contribution in [2.24, 2.45) is 0 Å². The Morgan fingerprint density at radius 2 is 1.31 bits per heavy atom. The molecule has 0 aromatic heterocycles. The predicted molar refractivity (Wildman–Crippen MR) is 134 cm³/mol. The summed E-state index contributed by atoms with van der Waals surface area (Å²) in [6, 6.07) is 34.4. The van der Waals surface area contributed by atoms with E-state index in [1.807, 2.05) is 42.5 Å². The third-order valence-electron chi connectivity index (χ3n) is 6.15. The number of aromatic hydroxyl groups is 1. The number of halogens is 1. The molecule has 0 spiro atoms. The zero-order valence-electron chi connectivity index (χ0n) is 17.8. The minimum absolute atomic E-state index is 0.0418. The van der Waals surface area contributed by atoms with Crippen LogP contribution in [0.5, 0.6) is 5.75 Å². The molecule has 0 radical (unpaired) electrons. The van der Waals surface area contributed by atoms with Crippen LogP contribution < -0.4 is 5.32 Å². The van der Waals surface area contributed by atoms with Gasteiger partial charge in [0.1, 0.15) is 5.75 Å². The van der Waals surface area contributed by atoms with E-state index in [4.69, 9.17) is 11.6 Å². The zero-order valence-corrected chi connectivity index (χ0v) is 18.6. The molecule has 0 aliphatic rings. The summed E-state index contributed by atoms with van der Waals surface area (Å²) in [6.45, 7) is 2.17. The van der Waals surface area contributed by atoms with Crippen LogP contribution in [0.25, 0.3) is 21.5 Å². The summed E-state index contributed by atoms with van der Waals surface area (Å²) in [7, 11) is 0. The van der Waals surface area contributed by atoms with Crippen LogP contribution in [0.4, 0.5) is 0 Å². The standard InChI is InChI=1S/C29H24ClNO/c1-19(24-12-6-9-20-7-2-4-10-25(20)24)31-29(22-13-16-23(30)17-14-22)28-26-11-5-3-8-21(26)15-18-27(28)32/h2-19,29,31-32H,1H3. The van der Waals surface area contributed by atoms with Crippen LogP contribution in [0.2, 0.25) is 5.02 Å². The van der Waals surface area contributed by atoms with Gasteiger partial charge in [0.15, 0.2) is 0 Å². The lowest BCUT2D eigenvalue weighted by molar-refractivity contribution is 0.449. The molecule has 5 aromatic carbocycles. The molecule has 2 nitrogen and oxygen atoms in total. The lowest BCUT2D eigenvalue weighted by Crippen LogP contribution is -2.26. The molecule has 5 rings (SSSR count). The van der Waals surface area contributed by atoms with Gasteiger partial charge in [-0.3, -0.25) is 5.32 Å². The van der Waals surface area contributed by atoms with Crippen molar-refractivity contribution in [3.63, 3.8) is 0 Å². The molecule has 2 atom stereocenters. The van der Waals surface area contributed by atoms with Crippen LogP contribution in [0.3, 0.4) is 0 Å². The highest BCUT2D eigenvalue weighted by molar-refractivity contribution is 6.30. The van der Waals surface area contributed by atoms with E-state index in [9.17, 15) is 5.11 Å². The molecule has 2 unspecified atom stereocenters. The van der Waals surface area contributed by atoms with E-state index in [1.165, 1.54) is 16.3 Å². The molecular formula is C29H24ClNO. The van der Waals surface area contributed by atoms with Crippen molar-refractivity contribution in [2.45, 2.75) is 19.0 Å². The van der Waals surface area contributed by atoms with Crippen LogP contribution in [-0.2, 0) is 0 Å². The van der Waals surface area contributed by atoms with Gasteiger partial charge >= 0.3 is 0 Å². The second-order valence-electron chi connectivity index (χ2n) is 8.16. The SMILES string of the molecule is CC(NC(c1ccc(Cl)cc1)c1c(O)ccc2ccccc12)c1cccc2ccccc12. The normalized spacial score (nSPS) is 13.3. The van der Waals surface area contributed by atoms with Crippen molar-refractivity contribution in [3.05, 3.63) is 125 Å². The first kappa shape index (κ1) is 20.6. The minimum atomic E-state index is -0.215. The largest absolute Gasteiger partial charge is 0.508 e. The average Bonchev–Trinajstić information content (AvgIpc) is 2.83. The molecule has 0 bridgehead atoms. The van der Waals surface area contributed by atoms with E-state index in [-0.39, 0.29) is 17.8 Å². The van der Waals surface area contributed by atoms with E-state index >= 15 is 0 Å². The van der Waals surface area contributed by atoms with Gasteiger partial charge in [0.25, 0.3) is 0 Å². The van der Waals surface area contributed by atoms with Crippen molar-refractivity contribution in [1.82, 2.24) is 5.32 Å². The van der Waals surface area contributed by atoms with Crippen molar-refractivity contribution < 1.29 is 5.11 Å². The molecule has 0 saturated heterocycles. The second-order valence-corrected chi connectivity index (χ2v) is 8.60. The molecule has 158 valence electrons. The Bertz CT molecular complexity index is 1390. The van der Waals surface area contributed by atoms with Gasteiger partial charge in [0.2, 0.25) is 0 Å². The maximum absolute atomic E-state index is 11.0. The number of rotatable bonds is 5. The molecule has 2 N–H and O–H groups in total. The topological polar surface area (TPSA) is 32.3 Å². The van der Waals surface area contributed by atoms with E-state index in [0.717, 1.165) is 21.9 Å². The number of nitrogens with one attached hydrogen (secondary N) is 1. The molecule has 0 aliphatic heterocycles. The van der Waals surface area contributed by atoms with Crippen molar-refractivity contribution >= 4 is 33.1 Å². The Morgan fingerprint density at radius 1 is 0.688 bits per heavy atom. The molecule has 0 amide bonds. The van der Waals surface area contributed by atoms with Gasteiger partial charge < -0.3 is 5.11 Å². The Labute approximate surface area is 193 Å². The predicted octanol–water partition coefficient (Wildman–Crippen LogP) is 7.79. The quantitative estimate of drug-likeness (QED) is 0.294. The average molecular weight is 438 g/mol. The highest BCUT2D eigenvalue weighted by atomic mass is 35.5. The highest BCUT2D eigenvalue weighted by Gasteiger charge is 2.23. The first-order chi connectivity index (χ1) is 15.6. The maximum Gasteiger partial charge on any atom is 0.121 e. The molecule has 0 fully saturated rings. The van der Waals surface area contributed by atoms with Crippen molar-refractivity contribution in [1.29, 1.82) is 0 Å².